The molecule has 0 N–H and O–H groups in total. The molecule has 0 saturated carbocycles. The zero-order chi connectivity index (χ0) is 19.8. The number of ketones is 1. The molecule has 3 aromatic rings. The summed E-state index contributed by atoms with van der Waals surface area (Å²) in [7, 11) is 0. The summed E-state index contributed by atoms with van der Waals surface area (Å²) < 4.78 is 10.3. The van der Waals surface area contributed by atoms with Gasteiger partial charge in [0.05, 0.1) is 0 Å². The van der Waals surface area contributed by atoms with Crippen molar-refractivity contribution in [3.8, 4) is 16.9 Å². The molecule has 0 bridgehead atoms. The molecular formula is C24H20O4. The molecule has 3 aromatic carbocycles. The quantitative estimate of drug-likeness (QED) is 0.249. The van der Waals surface area contributed by atoms with E-state index in [9.17, 15) is 9.59 Å². The van der Waals surface area contributed by atoms with E-state index in [2.05, 4.69) is 6.58 Å². The van der Waals surface area contributed by atoms with Crippen LogP contribution in [0.5, 0.6) is 5.75 Å². The Morgan fingerprint density at radius 2 is 1.32 bits per heavy atom. The lowest BCUT2D eigenvalue weighted by Gasteiger charge is -2.08. The van der Waals surface area contributed by atoms with Gasteiger partial charge < -0.3 is 9.47 Å². The number of rotatable bonds is 8. The predicted molar refractivity (Wildman–Crippen MR) is 108 cm³/mol. The highest BCUT2D eigenvalue weighted by Gasteiger charge is 2.09. The Balaban J connectivity index is 1.60. The molecule has 28 heavy (non-hydrogen) atoms. The first-order valence-corrected chi connectivity index (χ1v) is 8.89. The third-order valence-corrected chi connectivity index (χ3v) is 4.13. The number of benzene rings is 3. The molecule has 0 saturated heterocycles. The summed E-state index contributed by atoms with van der Waals surface area (Å²) in [6.45, 7) is 3.69. The van der Waals surface area contributed by atoms with Crippen LogP contribution in [-0.2, 0) is 9.53 Å². The van der Waals surface area contributed by atoms with Gasteiger partial charge >= 0.3 is 5.97 Å². The van der Waals surface area contributed by atoms with Crippen LogP contribution in [0.4, 0.5) is 0 Å². The van der Waals surface area contributed by atoms with Crippen molar-refractivity contribution in [3.05, 3.63) is 103 Å². The van der Waals surface area contributed by atoms with Gasteiger partial charge in [-0.05, 0) is 35.4 Å². The van der Waals surface area contributed by atoms with E-state index in [1.807, 2.05) is 54.6 Å². The Morgan fingerprint density at radius 1 is 0.750 bits per heavy atom. The second-order valence-electron chi connectivity index (χ2n) is 6.02. The summed E-state index contributed by atoms with van der Waals surface area (Å²) >= 11 is 0. The van der Waals surface area contributed by atoms with Gasteiger partial charge in [0, 0.05) is 17.2 Å². The van der Waals surface area contributed by atoms with Crippen molar-refractivity contribution in [1.82, 2.24) is 0 Å². The number of hydrogen-bond acceptors (Lipinski definition) is 4. The fourth-order valence-electron chi connectivity index (χ4n) is 2.67. The Labute approximate surface area is 164 Å². The average Bonchev–Trinajstić information content (AvgIpc) is 2.77. The molecule has 0 unspecified atom stereocenters. The van der Waals surface area contributed by atoms with Crippen LogP contribution in [0.1, 0.15) is 15.9 Å². The highest BCUT2D eigenvalue weighted by molar-refractivity contribution is 6.09. The van der Waals surface area contributed by atoms with Crippen LogP contribution in [0.15, 0.2) is 91.5 Å². The van der Waals surface area contributed by atoms with Crippen LogP contribution < -0.4 is 4.74 Å². The number of hydrogen-bond donors (Lipinski definition) is 0. The molecule has 0 atom stereocenters. The molecule has 0 aliphatic carbocycles. The lowest BCUT2D eigenvalue weighted by Crippen LogP contribution is -2.10. The number of carbonyl (C=O) groups excluding carboxylic acids is 2. The average molecular weight is 372 g/mol. The van der Waals surface area contributed by atoms with Crippen molar-refractivity contribution in [2.24, 2.45) is 0 Å². The molecule has 140 valence electrons. The zero-order valence-electron chi connectivity index (χ0n) is 15.3. The lowest BCUT2D eigenvalue weighted by atomic mass is 9.99. The molecule has 0 fully saturated rings. The van der Waals surface area contributed by atoms with Gasteiger partial charge in [-0.1, -0.05) is 61.2 Å². The van der Waals surface area contributed by atoms with E-state index < -0.39 is 5.97 Å². The van der Waals surface area contributed by atoms with Crippen molar-refractivity contribution >= 4 is 11.8 Å². The molecule has 0 radical (unpaired) electrons. The molecule has 0 aliphatic heterocycles. The summed E-state index contributed by atoms with van der Waals surface area (Å²) in [5, 5.41) is 0. The summed E-state index contributed by atoms with van der Waals surface area (Å²) in [6.07, 6.45) is 1.10. The van der Waals surface area contributed by atoms with Gasteiger partial charge in [0.15, 0.2) is 5.78 Å². The van der Waals surface area contributed by atoms with E-state index in [1.54, 1.807) is 24.3 Å². The Hall–Kier alpha value is -3.66. The molecule has 4 heteroatoms. The maximum atomic E-state index is 12.7. The number of esters is 1. The minimum atomic E-state index is -0.483. The second kappa shape index (κ2) is 9.33. The molecule has 3 rings (SSSR count). The Kier molecular flexibility index (Phi) is 6.37. The molecular weight excluding hydrogens is 352 g/mol. The molecule has 0 aliphatic rings. The van der Waals surface area contributed by atoms with Crippen LogP contribution in [0, 0.1) is 0 Å². The van der Waals surface area contributed by atoms with Gasteiger partial charge in [-0.15, -0.1) is 0 Å². The van der Waals surface area contributed by atoms with Crippen LogP contribution in [0.3, 0.4) is 0 Å². The van der Waals surface area contributed by atoms with Crippen molar-refractivity contribution in [2.45, 2.75) is 0 Å². The predicted octanol–water partition coefficient (Wildman–Crippen LogP) is 4.69. The van der Waals surface area contributed by atoms with E-state index in [-0.39, 0.29) is 19.0 Å². The fraction of sp³-hybridized carbons (Fsp3) is 0.0833. The van der Waals surface area contributed by atoms with E-state index in [0.29, 0.717) is 16.9 Å². The maximum absolute atomic E-state index is 12.7. The highest BCUT2D eigenvalue weighted by Crippen LogP contribution is 2.21. The summed E-state index contributed by atoms with van der Waals surface area (Å²) in [4.78, 5) is 23.6. The molecule has 4 nitrogen and oxygen atoms in total. The smallest absolute Gasteiger partial charge is 0.330 e. The van der Waals surface area contributed by atoms with E-state index in [1.165, 1.54) is 0 Å². The number of carbonyl (C=O) groups is 2. The minimum absolute atomic E-state index is 0.0499. The highest BCUT2D eigenvalue weighted by atomic mass is 16.6. The molecule has 0 amide bonds. The SMILES string of the molecule is C=CC(=O)OCCOc1ccc(C(=O)c2ccc(-c3ccccc3)cc2)cc1. The van der Waals surface area contributed by atoms with Crippen LogP contribution in [0.2, 0.25) is 0 Å². The first kappa shape index (κ1) is 19.1. The standard InChI is InChI=1S/C24H20O4/c1-2-23(25)28-17-16-27-22-14-12-21(13-15-22)24(26)20-10-8-19(9-11-20)18-6-4-3-5-7-18/h2-15H,1,16-17H2. The molecule has 0 spiro atoms. The van der Waals surface area contributed by atoms with Gasteiger partial charge in [0.1, 0.15) is 19.0 Å². The first-order chi connectivity index (χ1) is 13.7. The van der Waals surface area contributed by atoms with Crippen molar-refractivity contribution in [3.63, 3.8) is 0 Å². The minimum Gasteiger partial charge on any atom is -0.490 e. The van der Waals surface area contributed by atoms with Crippen molar-refractivity contribution in [2.75, 3.05) is 13.2 Å². The lowest BCUT2D eigenvalue weighted by molar-refractivity contribution is -0.138. The van der Waals surface area contributed by atoms with Gasteiger partial charge in [0.2, 0.25) is 0 Å². The monoisotopic (exact) mass is 372 g/mol. The maximum Gasteiger partial charge on any atom is 0.330 e. The fourth-order valence-corrected chi connectivity index (χ4v) is 2.67. The third kappa shape index (κ3) is 4.95. The third-order valence-electron chi connectivity index (χ3n) is 4.13. The normalized spacial score (nSPS) is 10.1. The Morgan fingerprint density at radius 3 is 1.93 bits per heavy atom. The topological polar surface area (TPSA) is 52.6 Å². The summed E-state index contributed by atoms with van der Waals surface area (Å²) in [5.41, 5.74) is 3.39. The van der Waals surface area contributed by atoms with Crippen molar-refractivity contribution in [1.29, 1.82) is 0 Å². The van der Waals surface area contributed by atoms with Crippen LogP contribution in [-0.4, -0.2) is 25.0 Å². The van der Waals surface area contributed by atoms with E-state index >= 15 is 0 Å². The van der Waals surface area contributed by atoms with Crippen molar-refractivity contribution < 1.29 is 19.1 Å². The van der Waals surface area contributed by atoms with Gasteiger partial charge in [-0.3, -0.25) is 4.79 Å². The van der Waals surface area contributed by atoms with Crippen LogP contribution in [0.25, 0.3) is 11.1 Å². The molecule has 0 heterocycles. The summed E-state index contributed by atoms with van der Waals surface area (Å²) in [5.74, 6) is 0.0690. The zero-order valence-corrected chi connectivity index (χ0v) is 15.3. The van der Waals surface area contributed by atoms with Crippen LogP contribution >= 0.6 is 0 Å². The Bertz CT molecular complexity index is 942. The van der Waals surface area contributed by atoms with Gasteiger partial charge in [-0.25, -0.2) is 4.79 Å². The van der Waals surface area contributed by atoms with E-state index in [4.69, 9.17) is 9.47 Å². The molecule has 0 aromatic heterocycles. The first-order valence-electron chi connectivity index (χ1n) is 8.89. The summed E-state index contributed by atoms with van der Waals surface area (Å²) in [6, 6.07) is 24.5. The largest absolute Gasteiger partial charge is 0.490 e. The second-order valence-corrected chi connectivity index (χ2v) is 6.02. The number of ether oxygens (including phenoxy) is 2. The van der Waals surface area contributed by atoms with Gasteiger partial charge in [0.25, 0.3) is 0 Å². The van der Waals surface area contributed by atoms with E-state index in [0.717, 1.165) is 17.2 Å². The van der Waals surface area contributed by atoms with Gasteiger partial charge in [-0.2, -0.15) is 0 Å².